The van der Waals surface area contributed by atoms with E-state index in [4.69, 9.17) is 5.26 Å². The molecule has 16 heavy (non-hydrogen) atoms. The van der Waals surface area contributed by atoms with E-state index in [1.165, 1.54) is 6.92 Å². The number of hydrogen-bond donors (Lipinski definition) is 0. The lowest BCUT2D eigenvalue weighted by molar-refractivity contribution is -0.154. The highest BCUT2D eigenvalue weighted by atomic mass is 16.5. The summed E-state index contributed by atoms with van der Waals surface area (Å²) >= 11 is 0. The van der Waals surface area contributed by atoms with Crippen molar-refractivity contribution in [2.45, 2.75) is 39.0 Å². The number of rotatable bonds is 8. The second-order valence-corrected chi connectivity index (χ2v) is 3.38. The third-order valence-electron chi connectivity index (χ3n) is 1.86. The van der Waals surface area contributed by atoms with Gasteiger partial charge in [-0.15, -0.1) is 0 Å². The van der Waals surface area contributed by atoms with Gasteiger partial charge < -0.3 is 4.74 Å². The van der Waals surface area contributed by atoms with Crippen molar-refractivity contribution in [1.82, 2.24) is 0 Å². The molecule has 5 heteroatoms. The summed E-state index contributed by atoms with van der Waals surface area (Å²) in [5.74, 6) is -1.58. The van der Waals surface area contributed by atoms with Crippen LogP contribution in [-0.2, 0) is 19.1 Å². The summed E-state index contributed by atoms with van der Waals surface area (Å²) in [5, 5.41) is 8.25. The average molecular weight is 225 g/mol. The predicted octanol–water partition coefficient (Wildman–Crippen LogP) is 1.16. The van der Waals surface area contributed by atoms with Crippen molar-refractivity contribution < 1.29 is 19.1 Å². The summed E-state index contributed by atoms with van der Waals surface area (Å²) in [6.07, 6.45) is 1.72. The molecule has 0 aliphatic rings. The second-order valence-electron chi connectivity index (χ2n) is 3.38. The van der Waals surface area contributed by atoms with E-state index in [9.17, 15) is 14.4 Å². The van der Waals surface area contributed by atoms with E-state index in [0.717, 1.165) is 0 Å². The van der Waals surface area contributed by atoms with Gasteiger partial charge >= 0.3 is 5.97 Å². The van der Waals surface area contributed by atoms with Crippen molar-refractivity contribution in [3.63, 3.8) is 0 Å². The molecule has 0 aliphatic carbocycles. The first kappa shape index (κ1) is 14.3. The molecule has 0 atom stereocenters. The third kappa shape index (κ3) is 7.68. The number of nitrogens with zero attached hydrogens (tertiary/aromatic N) is 1. The molecular weight excluding hydrogens is 210 g/mol. The number of hydrogen-bond acceptors (Lipinski definition) is 5. The van der Waals surface area contributed by atoms with Crippen LogP contribution in [0.3, 0.4) is 0 Å². The van der Waals surface area contributed by atoms with Gasteiger partial charge in [-0.1, -0.05) is 0 Å². The summed E-state index contributed by atoms with van der Waals surface area (Å²) in [4.78, 5) is 32.7. The van der Waals surface area contributed by atoms with Gasteiger partial charge in [0.1, 0.15) is 5.78 Å². The number of carbonyl (C=O) groups is 3. The van der Waals surface area contributed by atoms with E-state index in [2.05, 4.69) is 4.74 Å². The van der Waals surface area contributed by atoms with Gasteiger partial charge in [-0.25, -0.2) is 4.79 Å². The van der Waals surface area contributed by atoms with Crippen LogP contribution in [0.4, 0.5) is 0 Å². The second kappa shape index (κ2) is 8.60. The van der Waals surface area contributed by atoms with E-state index in [1.54, 1.807) is 0 Å². The van der Waals surface area contributed by atoms with E-state index >= 15 is 0 Å². The van der Waals surface area contributed by atoms with Crippen LogP contribution < -0.4 is 0 Å². The normalized spacial score (nSPS) is 9.25. The molecule has 0 amide bonds. The smallest absolute Gasteiger partial charge is 0.374 e. The van der Waals surface area contributed by atoms with E-state index in [0.29, 0.717) is 19.3 Å². The summed E-state index contributed by atoms with van der Waals surface area (Å²) < 4.78 is 4.60. The first-order valence-corrected chi connectivity index (χ1v) is 5.14. The Morgan fingerprint density at radius 2 is 1.88 bits per heavy atom. The van der Waals surface area contributed by atoms with Crippen LogP contribution in [0.1, 0.15) is 39.0 Å². The van der Waals surface area contributed by atoms with Gasteiger partial charge in [-0.05, 0) is 19.8 Å². The molecule has 0 unspecified atom stereocenters. The highest BCUT2D eigenvalue weighted by Gasteiger charge is 2.14. The Morgan fingerprint density at radius 1 is 1.19 bits per heavy atom. The van der Waals surface area contributed by atoms with E-state index < -0.39 is 11.8 Å². The van der Waals surface area contributed by atoms with Crippen molar-refractivity contribution >= 4 is 17.5 Å². The topological polar surface area (TPSA) is 84.2 Å². The first-order chi connectivity index (χ1) is 7.57. The quantitative estimate of drug-likeness (QED) is 0.351. The molecule has 5 nitrogen and oxygen atoms in total. The monoisotopic (exact) mass is 225 g/mol. The maximum atomic E-state index is 11.1. The number of unbranched alkanes of at least 4 members (excludes halogenated alkanes) is 2. The maximum absolute atomic E-state index is 11.1. The summed E-state index contributed by atoms with van der Waals surface area (Å²) in [5.41, 5.74) is 0. The highest BCUT2D eigenvalue weighted by Crippen LogP contribution is 2.01. The Morgan fingerprint density at radius 3 is 2.44 bits per heavy atom. The average Bonchev–Trinajstić information content (AvgIpc) is 2.23. The minimum atomic E-state index is -0.891. The molecule has 0 saturated heterocycles. The Bertz CT molecular complexity index is 304. The Kier molecular flexibility index (Phi) is 7.68. The van der Waals surface area contributed by atoms with Crippen molar-refractivity contribution in [1.29, 1.82) is 5.26 Å². The molecule has 0 saturated carbocycles. The molecular formula is C11H15NO4. The van der Waals surface area contributed by atoms with Crippen LogP contribution in [-0.4, -0.2) is 24.1 Å². The SMILES string of the molecule is CC(=O)CCOC(=O)C(=O)CCCCC#N. The molecule has 0 aromatic carbocycles. The van der Waals surface area contributed by atoms with Gasteiger partial charge in [-0.2, -0.15) is 5.26 Å². The number of ketones is 2. The molecule has 0 aliphatic heterocycles. The summed E-state index contributed by atoms with van der Waals surface area (Å²) in [6, 6.07) is 1.95. The van der Waals surface area contributed by atoms with Crippen LogP contribution in [0.5, 0.6) is 0 Å². The van der Waals surface area contributed by atoms with Crippen LogP contribution in [0.15, 0.2) is 0 Å². The number of nitriles is 1. The molecule has 0 heterocycles. The first-order valence-electron chi connectivity index (χ1n) is 5.14. The maximum Gasteiger partial charge on any atom is 0.374 e. The summed E-state index contributed by atoms with van der Waals surface area (Å²) in [6.45, 7) is 1.34. The fourth-order valence-electron chi connectivity index (χ4n) is 0.960. The zero-order chi connectivity index (χ0) is 12.4. The lowest BCUT2D eigenvalue weighted by atomic mass is 10.1. The van der Waals surface area contributed by atoms with E-state index in [-0.39, 0.29) is 25.2 Å². The standard InChI is InChI=1S/C11H15NO4/c1-9(13)6-8-16-11(15)10(14)5-3-2-4-7-12/h2-6,8H2,1H3. The Balaban J connectivity index is 3.62. The summed E-state index contributed by atoms with van der Waals surface area (Å²) in [7, 11) is 0. The lowest BCUT2D eigenvalue weighted by Gasteiger charge is -2.01. The minimum absolute atomic E-state index is 0.0435. The molecule has 0 bridgehead atoms. The van der Waals surface area contributed by atoms with Gasteiger partial charge in [0, 0.05) is 19.3 Å². The zero-order valence-electron chi connectivity index (χ0n) is 9.32. The van der Waals surface area contributed by atoms with Gasteiger partial charge in [0.15, 0.2) is 0 Å². The van der Waals surface area contributed by atoms with Crippen LogP contribution in [0.2, 0.25) is 0 Å². The molecule has 0 N–H and O–H groups in total. The number of carbonyl (C=O) groups excluding carboxylic acids is 3. The fourth-order valence-corrected chi connectivity index (χ4v) is 0.960. The van der Waals surface area contributed by atoms with E-state index in [1.807, 2.05) is 6.07 Å². The number of ether oxygens (including phenoxy) is 1. The van der Waals surface area contributed by atoms with Gasteiger partial charge in [0.05, 0.1) is 12.7 Å². The molecule has 88 valence electrons. The van der Waals surface area contributed by atoms with Crippen molar-refractivity contribution in [2.75, 3.05) is 6.61 Å². The molecule has 0 aromatic rings. The number of esters is 1. The van der Waals surface area contributed by atoms with Crippen molar-refractivity contribution in [3.8, 4) is 6.07 Å². The molecule has 0 spiro atoms. The number of Topliss-reactive ketones (excluding diaryl/α,β-unsaturated/α-hetero) is 2. The molecule has 0 aromatic heterocycles. The van der Waals surface area contributed by atoms with Gasteiger partial charge in [0.25, 0.3) is 0 Å². The molecule has 0 radical (unpaired) electrons. The van der Waals surface area contributed by atoms with Crippen LogP contribution >= 0.6 is 0 Å². The van der Waals surface area contributed by atoms with Gasteiger partial charge in [0.2, 0.25) is 5.78 Å². The minimum Gasteiger partial charge on any atom is -0.459 e. The third-order valence-corrected chi connectivity index (χ3v) is 1.86. The zero-order valence-corrected chi connectivity index (χ0v) is 9.32. The fraction of sp³-hybridized carbons (Fsp3) is 0.636. The van der Waals surface area contributed by atoms with Gasteiger partial charge in [-0.3, -0.25) is 9.59 Å². The lowest BCUT2D eigenvalue weighted by Crippen LogP contribution is -2.18. The van der Waals surface area contributed by atoms with Crippen LogP contribution in [0, 0.1) is 11.3 Å². The predicted molar refractivity (Wildman–Crippen MR) is 55.3 cm³/mol. The largest absolute Gasteiger partial charge is 0.459 e. The molecule has 0 fully saturated rings. The Labute approximate surface area is 94.4 Å². The van der Waals surface area contributed by atoms with Crippen molar-refractivity contribution in [2.24, 2.45) is 0 Å². The Hall–Kier alpha value is -1.70. The van der Waals surface area contributed by atoms with Crippen molar-refractivity contribution in [3.05, 3.63) is 0 Å². The highest BCUT2D eigenvalue weighted by molar-refractivity contribution is 6.33. The molecule has 0 rings (SSSR count). The van der Waals surface area contributed by atoms with Crippen LogP contribution in [0.25, 0.3) is 0 Å².